The van der Waals surface area contributed by atoms with E-state index in [0.717, 1.165) is 0 Å². The second-order valence-corrected chi connectivity index (χ2v) is 7.19. The summed E-state index contributed by atoms with van der Waals surface area (Å²) in [6.07, 6.45) is 0. The third-order valence-corrected chi connectivity index (χ3v) is 3.97. The third-order valence-electron chi connectivity index (χ3n) is 3.28. The van der Waals surface area contributed by atoms with Gasteiger partial charge in [-0.2, -0.15) is 8.42 Å². The Morgan fingerprint density at radius 1 is 1.48 bits per heavy atom. The monoisotopic (exact) mass is 335 g/mol. The summed E-state index contributed by atoms with van der Waals surface area (Å²) in [6.45, 7) is 5.74. The van der Waals surface area contributed by atoms with Crippen LogP contribution in [0.2, 0.25) is 5.02 Å². The molecule has 118 valence electrons. The van der Waals surface area contributed by atoms with Gasteiger partial charge in [0.1, 0.15) is 0 Å². The Labute approximate surface area is 129 Å². The quantitative estimate of drug-likeness (QED) is 0.823. The SMILES string of the molecule is C[C@@H]1NC(C)(C)CO[C@]1(OS(=O)(=O)O)c1cccc(Cl)c1. The number of hydrogen-bond acceptors (Lipinski definition) is 5. The van der Waals surface area contributed by atoms with E-state index in [2.05, 4.69) is 5.32 Å². The molecule has 1 fully saturated rings. The highest BCUT2D eigenvalue weighted by Crippen LogP contribution is 2.38. The molecule has 1 aromatic carbocycles. The normalized spacial score (nSPS) is 29.3. The molecule has 0 saturated carbocycles. The topological polar surface area (TPSA) is 84.9 Å². The summed E-state index contributed by atoms with van der Waals surface area (Å²) in [7, 11) is -4.72. The maximum atomic E-state index is 11.3. The van der Waals surface area contributed by atoms with Gasteiger partial charge in [-0.05, 0) is 32.9 Å². The second-order valence-electron chi connectivity index (χ2n) is 5.73. The van der Waals surface area contributed by atoms with Gasteiger partial charge in [0.15, 0.2) is 0 Å². The van der Waals surface area contributed by atoms with Crippen LogP contribution in [0.5, 0.6) is 0 Å². The van der Waals surface area contributed by atoms with Crippen LogP contribution in [0.3, 0.4) is 0 Å². The Hall–Kier alpha value is -0.700. The molecule has 1 aliphatic rings. The van der Waals surface area contributed by atoms with E-state index in [1.807, 2.05) is 13.8 Å². The molecule has 0 bridgehead atoms. The summed E-state index contributed by atoms with van der Waals surface area (Å²) >= 11 is 5.96. The molecule has 0 aliphatic carbocycles. The molecule has 1 aliphatic heterocycles. The Bertz CT molecular complexity index is 633. The molecule has 2 rings (SSSR count). The molecule has 0 amide bonds. The molecule has 0 spiro atoms. The van der Waals surface area contributed by atoms with Crippen LogP contribution in [0.15, 0.2) is 24.3 Å². The van der Waals surface area contributed by atoms with Gasteiger partial charge in [0.05, 0.1) is 12.6 Å². The molecule has 2 atom stereocenters. The summed E-state index contributed by atoms with van der Waals surface area (Å²) in [4.78, 5) is 0. The summed E-state index contributed by atoms with van der Waals surface area (Å²) in [6, 6.07) is 5.94. The first-order chi connectivity index (χ1) is 9.54. The first-order valence-corrected chi connectivity index (χ1v) is 8.14. The molecule has 0 unspecified atom stereocenters. The maximum Gasteiger partial charge on any atom is 0.400 e. The van der Waals surface area contributed by atoms with Gasteiger partial charge >= 0.3 is 10.4 Å². The van der Waals surface area contributed by atoms with Crippen molar-refractivity contribution in [2.75, 3.05) is 6.61 Å². The van der Waals surface area contributed by atoms with Crippen LogP contribution >= 0.6 is 11.6 Å². The predicted octanol–water partition coefficient (Wildman–Crippen LogP) is 2.10. The zero-order valence-electron chi connectivity index (χ0n) is 12.0. The van der Waals surface area contributed by atoms with Gasteiger partial charge in [0, 0.05) is 16.1 Å². The minimum absolute atomic E-state index is 0.194. The van der Waals surface area contributed by atoms with Crippen LogP contribution in [-0.2, 0) is 25.1 Å². The smallest absolute Gasteiger partial charge is 0.342 e. The third kappa shape index (κ3) is 3.74. The fourth-order valence-electron chi connectivity index (χ4n) is 2.47. The van der Waals surface area contributed by atoms with E-state index in [4.69, 9.17) is 25.1 Å². The molecule has 0 radical (unpaired) electrons. The lowest BCUT2D eigenvalue weighted by Crippen LogP contribution is -2.64. The molecule has 8 heteroatoms. The zero-order chi connectivity index (χ0) is 15.9. The van der Waals surface area contributed by atoms with Gasteiger partial charge in [0.2, 0.25) is 5.79 Å². The van der Waals surface area contributed by atoms with E-state index < -0.39 is 22.2 Å². The zero-order valence-corrected chi connectivity index (χ0v) is 13.5. The largest absolute Gasteiger partial charge is 0.400 e. The number of ether oxygens (including phenoxy) is 1. The van der Waals surface area contributed by atoms with Crippen molar-refractivity contribution in [1.29, 1.82) is 0 Å². The summed E-state index contributed by atoms with van der Waals surface area (Å²) in [5, 5.41) is 3.63. The highest BCUT2D eigenvalue weighted by molar-refractivity contribution is 7.80. The predicted molar refractivity (Wildman–Crippen MR) is 78.4 cm³/mol. The average Bonchev–Trinajstić information content (AvgIpc) is 2.31. The van der Waals surface area contributed by atoms with Gasteiger partial charge in [-0.15, -0.1) is 0 Å². The van der Waals surface area contributed by atoms with Gasteiger partial charge in [-0.1, -0.05) is 23.7 Å². The molecule has 1 saturated heterocycles. The lowest BCUT2D eigenvalue weighted by molar-refractivity contribution is -0.246. The van der Waals surface area contributed by atoms with Crippen molar-refractivity contribution in [2.24, 2.45) is 0 Å². The number of morpholine rings is 1. The van der Waals surface area contributed by atoms with Crippen LogP contribution < -0.4 is 5.32 Å². The fraction of sp³-hybridized carbons (Fsp3) is 0.538. The van der Waals surface area contributed by atoms with Crippen molar-refractivity contribution in [1.82, 2.24) is 5.32 Å². The van der Waals surface area contributed by atoms with Gasteiger partial charge < -0.3 is 10.1 Å². The van der Waals surface area contributed by atoms with E-state index in [9.17, 15) is 8.42 Å². The van der Waals surface area contributed by atoms with Crippen molar-refractivity contribution < 1.29 is 21.9 Å². The van der Waals surface area contributed by atoms with E-state index in [0.29, 0.717) is 10.6 Å². The number of rotatable bonds is 3. The Morgan fingerprint density at radius 2 is 2.14 bits per heavy atom. The van der Waals surface area contributed by atoms with Crippen molar-refractivity contribution in [2.45, 2.75) is 38.1 Å². The number of hydrogen-bond donors (Lipinski definition) is 2. The summed E-state index contributed by atoms with van der Waals surface area (Å²) < 4.78 is 42.3. The van der Waals surface area contributed by atoms with E-state index in [1.54, 1.807) is 31.2 Å². The Morgan fingerprint density at radius 3 is 2.67 bits per heavy atom. The standard InChI is InChI=1S/C13H18ClNO5S/c1-9-13(20-21(16,17)18,19-8-12(2,3)15-9)10-5-4-6-11(14)7-10/h4-7,9,15H,8H2,1-3H3,(H,16,17,18)/t9-,13+/m0/s1. The molecule has 1 aromatic rings. The Kier molecular flexibility index (Phi) is 4.36. The average molecular weight is 336 g/mol. The van der Waals surface area contributed by atoms with Gasteiger partial charge in [0.25, 0.3) is 0 Å². The van der Waals surface area contributed by atoms with Crippen molar-refractivity contribution in [3.63, 3.8) is 0 Å². The molecular formula is C13H18ClNO5S. The molecule has 2 N–H and O–H groups in total. The fourth-order valence-corrected chi connectivity index (χ4v) is 3.27. The van der Waals surface area contributed by atoms with Crippen LogP contribution in [0, 0.1) is 0 Å². The minimum Gasteiger partial charge on any atom is -0.342 e. The molecule has 0 aromatic heterocycles. The number of halogens is 1. The first kappa shape index (κ1) is 16.7. The molecular weight excluding hydrogens is 318 g/mol. The Balaban J connectivity index is 2.50. The highest BCUT2D eigenvalue weighted by Gasteiger charge is 2.50. The van der Waals surface area contributed by atoms with Crippen LogP contribution in [0.1, 0.15) is 26.3 Å². The van der Waals surface area contributed by atoms with Gasteiger partial charge in [-0.3, -0.25) is 4.55 Å². The lowest BCUT2D eigenvalue weighted by atomic mass is 9.92. The van der Waals surface area contributed by atoms with Crippen LogP contribution in [-0.4, -0.2) is 31.2 Å². The minimum atomic E-state index is -4.72. The first-order valence-electron chi connectivity index (χ1n) is 6.40. The van der Waals surface area contributed by atoms with Crippen molar-refractivity contribution >= 4 is 22.0 Å². The summed E-state index contributed by atoms with van der Waals surface area (Å²) in [5.74, 6) is -1.67. The lowest BCUT2D eigenvalue weighted by Gasteiger charge is -2.47. The summed E-state index contributed by atoms with van der Waals surface area (Å²) in [5.41, 5.74) is 0.0486. The number of benzene rings is 1. The van der Waals surface area contributed by atoms with Crippen LogP contribution in [0.25, 0.3) is 0 Å². The van der Waals surface area contributed by atoms with E-state index in [1.165, 1.54) is 0 Å². The second kappa shape index (κ2) is 5.49. The van der Waals surface area contributed by atoms with Crippen molar-refractivity contribution in [3.05, 3.63) is 34.9 Å². The molecule has 21 heavy (non-hydrogen) atoms. The number of nitrogens with one attached hydrogen (secondary N) is 1. The van der Waals surface area contributed by atoms with E-state index in [-0.39, 0.29) is 12.1 Å². The molecule has 6 nitrogen and oxygen atoms in total. The molecule has 1 heterocycles. The van der Waals surface area contributed by atoms with Crippen LogP contribution in [0.4, 0.5) is 0 Å². The maximum absolute atomic E-state index is 11.3. The van der Waals surface area contributed by atoms with Crippen molar-refractivity contribution in [3.8, 4) is 0 Å². The highest BCUT2D eigenvalue weighted by atomic mass is 35.5. The van der Waals surface area contributed by atoms with E-state index >= 15 is 0 Å². The van der Waals surface area contributed by atoms with Gasteiger partial charge in [-0.25, -0.2) is 4.18 Å².